The minimum atomic E-state index is -4.88. The number of para-hydroxylation sites is 1. The van der Waals surface area contributed by atoms with Crippen LogP contribution in [-0.4, -0.2) is 19.6 Å². The molecule has 0 radical (unpaired) electrons. The molecule has 0 aliphatic heterocycles. The molecule has 2 aromatic rings. The number of hydrogen-bond donors (Lipinski definition) is 0. The summed E-state index contributed by atoms with van der Waals surface area (Å²) in [4.78, 5) is 3.67. The third kappa shape index (κ3) is 2.75. The molecule has 0 saturated heterocycles. The van der Waals surface area contributed by atoms with Gasteiger partial charge in [-0.15, -0.1) is 11.3 Å². The second kappa shape index (κ2) is 3.95. The number of halogens is 3. The number of aromatic nitrogens is 1. The molecule has 0 atom stereocenters. The number of sulfone groups is 1. The van der Waals surface area contributed by atoms with Crippen molar-refractivity contribution in [1.82, 2.24) is 4.98 Å². The van der Waals surface area contributed by atoms with E-state index in [1.54, 1.807) is 24.3 Å². The van der Waals surface area contributed by atoms with E-state index in [9.17, 15) is 21.6 Å². The van der Waals surface area contributed by atoms with E-state index in [1.165, 1.54) is 0 Å². The summed E-state index contributed by atoms with van der Waals surface area (Å²) in [5.41, 5.74) is 0.367. The first-order chi connectivity index (χ1) is 7.78. The number of alkyl halides is 3. The molecule has 1 heterocycles. The van der Waals surface area contributed by atoms with Crippen LogP contribution in [0.1, 0.15) is 0 Å². The first-order valence-corrected chi connectivity index (χ1v) is 6.67. The zero-order valence-electron chi connectivity index (χ0n) is 8.10. The third-order valence-corrected chi connectivity index (χ3v) is 4.74. The fourth-order valence-electron chi connectivity index (χ4n) is 1.20. The summed E-state index contributed by atoms with van der Waals surface area (Å²) in [6.45, 7) is 0. The molecule has 0 amide bonds. The minimum absolute atomic E-state index is 0.367. The van der Waals surface area contributed by atoms with Crippen molar-refractivity contribution >= 4 is 31.4 Å². The lowest BCUT2D eigenvalue weighted by molar-refractivity contribution is -0.0879. The van der Waals surface area contributed by atoms with E-state index in [2.05, 4.69) is 4.98 Å². The Labute approximate surface area is 98.8 Å². The topological polar surface area (TPSA) is 47.0 Å². The van der Waals surface area contributed by atoms with Crippen molar-refractivity contribution in [1.29, 1.82) is 0 Å². The highest BCUT2D eigenvalue weighted by atomic mass is 32.2. The van der Waals surface area contributed by atoms with E-state index < -0.39 is 26.1 Å². The van der Waals surface area contributed by atoms with Crippen LogP contribution in [-0.2, 0) is 9.84 Å². The van der Waals surface area contributed by atoms with Crippen LogP contribution in [0.2, 0.25) is 0 Å². The Morgan fingerprint density at radius 3 is 2.47 bits per heavy atom. The van der Waals surface area contributed by atoms with Gasteiger partial charge in [0.05, 0.1) is 20.1 Å². The van der Waals surface area contributed by atoms with E-state index in [4.69, 9.17) is 0 Å². The van der Waals surface area contributed by atoms with Gasteiger partial charge >= 0.3 is 0 Å². The van der Waals surface area contributed by atoms with Gasteiger partial charge in [0.2, 0.25) is 0 Å². The number of hydrogen-bond acceptors (Lipinski definition) is 4. The van der Waals surface area contributed by atoms with Gasteiger partial charge in [-0.3, -0.25) is 8.42 Å². The lowest BCUT2D eigenvalue weighted by atomic mass is 10.3. The fourth-order valence-corrected chi connectivity index (χ4v) is 3.45. The highest BCUT2D eigenvalue weighted by molar-refractivity contribution is 7.95. The van der Waals surface area contributed by atoms with Crippen molar-refractivity contribution in [2.24, 2.45) is 0 Å². The van der Waals surface area contributed by atoms with Gasteiger partial charge in [0.15, 0.2) is 4.34 Å². The molecule has 3 nitrogen and oxygen atoms in total. The van der Waals surface area contributed by atoms with Crippen LogP contribution in [0, 0.1) is 5.75 Å². The Morgan fingerprint density at radius 2 is 1.88 bits per heavy atom. The Morgan fingerprint density at radius 1 is 1.24 bits per heavy atom. The van der Waals surface area contributed by atoms with Crippen molar-refractivity contribution in [3.63, 3.8) is 0 Å². The van der Waals surface area contributed by atoms with Crippen LogP contribution in [0.4, 0.5) is 13.2 Å². The standard InChI is InChI=1S/C9H5F3NO2S2/c10-9(11,12)5-17(14,15)8-13-6-3-1-2-4-7(6)16-8/h1-5H/q-1. The Hall–Kier alpha value is -1.15. The molecule has 0 aliphatic rings. The van der Waals surface area contributed by atoms with Gasteiger partial charge in [0.25, 0.3) is 6.18 Å². The molecule has 0 aliphatic carbocycles. The number of nitrogens with zero attached hydrogens (tertiary/aromatic N) is 1. The van der Waals surface area contributed by atoms with Crippen molar-refractivity contribution in [2.45, 2.75) is 10.5 Å². The van der Waals surface area contributed by atoms with Gasteiger partial charge in [-0.05, 0) is 12.1 Å². The van der Waals surface area contributed by atoms with Gasteiger partial charge in [-0.2, -0.15) is 0 Å². The maximum atomic E-state index is 12.0. The monoisotopic (exact) mass is 280 g/mol. The number of fused-ring (bicyclic) bond motifs is 1. The molecular formula is C9H5F3NO2S2-. The summed E-state index contributed by atoms with van der Waals surface area (Å²) in [5, 5.41) is 0. The van der Waals surface area contributed by atoms with Gasteiger partial charge in [0, 0.05) is 0 Å². The molecule has 1 aromatic carbocycles. The molecule has 0 bridgehead atoms. The Bertz CT molecular complexity index is 613. The molecule has 2 rings (SSSR count). The van der Waals surface area contributed by atoms with Gasteiger partial charge in [-0.25, -0.2) is 18.2 Å². The van der Waals surface area contributed by atoms with Crippen LogP contribution in [0.5, 0.6) is 0 Å². The summed E-state index contributed by atoms with van der Waals surface area (Å²) < 4.78 is 58.9. The third-order valence-electron chi connectivity index (χ3n) is 1.81. The molecule has 17 heavy (non-hydrogen) atoms. The van der Waals surface area contributed by atoms with Gasteiger partial charge in [-0.1, -0.05) is 17.9 Å². The van der Waals surface area contributed by atoms with E-state index in [1.807, 2.05) is 0 Å². The maximum Gasteiger partial charge on any atom is 0.284 e. The second-order valence-corrected chi connectivity index (χ2v) is 6.15. The van der Waals surface area contributed by atoms with Crippen LogP contribution < -0.4 is 0 Å². The van der Waals surface area contributed by atoms with Crippen LogP contribution in [0.25, 0.3) is 10.2 Å². The summed E-state index contributed by atoms with van der Waals surface area (Å²) in [7, 11) is -4.52. The largest absolute Gasteiger partial charge is 0.284 e. The summed E-state index contributed by atoms with van der Waals surface area (Å²) >= 11 is 0.715. The predicted octanol–water partition coefficient (Wildman–Crippen LogP) is 2.79. The van der Waals surface area contributed by atoms with Crippen molar-refractivity contribution in [2.75, 3.05) is 0 Å². The number of thiazole rings is 1. The Balaban J connectivity index is 2.46. The lowest BCUT2D eigenvalue weighted by Crippen LogP contribution is -2.16. The molecule has 0 saturated carbocycles. The number of rotatable bonds is 2. The van der Waals surface area contributed by atoms with Crippen LogP contribution in [0.15, 0.2) is 28.6 Å². The van der Waals surface area contributed by atoms with Crippen LogP contribution >= 0.6 is 11.3 Å². The zero-order valence-corrected chi connectivity index (χ0v) is 9.73. The smallest absolute Gasteiger partial charge is 0.255 e. The van der Waals surface area contributed by atoms with Crippen molar-refractivity contribution in [3.8, 4) is 0 Å². The highest BCUT2D eigenvalue weighted by Crippen LogP contribution is 2.31. The van der Waals surface area contributed by atoms with E-state index >= 15 is 0 Å². The average molecular weight is 280 g/mol. The van der Waals surface area contributed by atoms with Crippen LogP contribution in [0.3, 0.4) is 0 Å². The van der Waals surface area contributed by atoms with E-state index in [0.717, 1.165) is 0 Å². The van der Waals surface area contributed by atoms with Gasteiger partial charge in [0.1, 0.15) is 0 Å². The quantitative estimate of drug-likeness (QED) is 0.795. The molecule has 1 aromatic heterocycles. The zero-order chi connectivity index (χ0) is 12.7. The summed E-state index contributed by atoms with van der Waals surface area (Å²) in [5.74, 6) is -0.641. The maximum absolute atomic E-state index is 12.0. The molecule has 0 N–H and O–H groups in total. The summed E-state index contributed by atoms with van der Waals surface area (Å²) in [6.07, 6.45) is -4.88. The molecule has 0 fully saturated rings. The van der Waals surface area contributed by atoms with Crippen molar-refractivity contribution < 1.29 is 21.6 Å². The number of benzene rings is 1. The highest BCUT2D eigenvalue weighted by Gasteiger charge is 2.26. The molecule has 0 spiro atoms. The Kier molecular flexibility index (Phi) is 2.86. The predicted molar refractivity (Wildman–Crippen MR) is 57.2 cm³/mol. The molecular weight excluding hydrogens is 275 g/mol. The first-order valence-electron chi connectivity index (χ1n) is 4.31. The average Bonchev–Trinajstić information content (AvgIpc) is 2.57. The lowest BCUT2D eigenvalue weighted by Gasteiger charge is -2.15. The molecule has 0 unspecified atom stereocenters. The second-order valence-electron chi connectivity index (χ2n) is 3.15. The van der Waals surface area contributed by atoms with Gasteiger partial charge < -0.3 is 0 Å². The molecule has 92 valence electrons. The SMILES string of the molecule is O=S(=O)([CH-]C(F)(F)F)c1nc2ccccc2s1. The van der Waals surface area contributed by atoms with Crippen molar-refractivity contribution in [3.05, 3.63) is 30.0 Å². The molecule has 8 heteroatoms. The van der Waals surface area contributed by atoms with E-state index in [0.29, 0.717) is 21.6 Å². The summed E-state index contributed by atoms with van der Waals surface area (Å²) in [6, 6.07) is 6.42. The normalized spacial score (nSPS) is 13.1. The fraction of sp³-hybridized carbons (Fsp3) is 0.111. The first kappa shape index (κ1) is 12.3. The van der Waals surface area contributed by atoms with E-state index in [-0.39, 0.29) is 0 Å². The minimum Gasteiger partial charge on any atom is -0.255 e.